The molecule has 0 aliphatic rings. The Morgan fingerprint density at radius 1 is 1.35 bits per heavy atom. The Morgan fingerprint density at radius 3 is 2.35 bits per heavy atom. The zero-order chi connectivity index (χ0) is 15.7. The Morgan fingerprint density at radius 2 is 1.95 bits per heavy atom. The summed E-state index contributed by atoms with van der Waals surface area (Å²) in [5, 5.41) is 5.40. The molecule has 0 aromatic carbocycles. The topological polar surface area (TPSA) is 79.8 Å². The van der Waals surface area contributed by atoms with Crippen molar-refractivity contribution < 1.29 is 14.3 Å². The Labute approximate surface area is 119 Å². The molecule has 1 amide bonds. The van der Waals surface area contributed by atoms with Gasteiger partial charge in [0.05, 0.1) is 12.3 Å². The molecule has 0 radical (unpaired) electrons. The van der Waals surface area contributed by atoms with Gasteiger partial charge in [-0.3, -0.25) is 4.79 Å². The van der Waals surface area contributed by atoms with Crippen LogP contribution in [-0.2, 0) is 14.3 Å². The predicted octanol–water partition coefficient (Wildman–Crippen LogP) is 1.28. The van der Waals surface area contributed by atoms with Gasteiger partial charge >= 0.3 is 5.97 Å². The van der Waals surface area contributed by atoms with E-state index in [4.69, 9.17) is 4.74 Å². The number of aliphatic imine (C=N–C) groups is 1. The lowest BCUT2D eigenvalue weighted by atomic mass is 10.2. The molecule has 0 aromatic heterocycles. The monoisotopic (exact) mass is 279 g/mol. The van der Waals surface area contributed by atoms with Crippen LogP contribution >= 0.6 is 0 Å². The molecule has 0 atom stereocenters. The van der Waals surface area contributed by atoms with Gasteiger partial charge in [0.25, 0.3) is 5.91 Å². The number of carbonyl (C=O) groups is 2. The van der Waals surface area contributed by atoms with E-state index in [-0.39, 0.29) is 12.2 Å². The molecule has 0 spiro atoms. The number of hydrogen-bond acceptors (Lipinski definition) is 5. The predicted molar refractivity (Wildman–Crippen MR) is 79.0 cm³/mol. The van der Waals surface area contributed by atoms with Gasteiger partial charge in [-0.1, -0.05) is 13.2 Å². The van der Waals surface area contributed by atoms with Gasteiger partial charge in [0.15, 0.2) is 0 Å². The Balaban J connectivity index is 5.21. The number of nitrogens with zero attached hydrogens (tertiary/aromatic N) is 1. The van der Waals surface area contributed by atoms with Crippen LogP contribution in [0.3, 0.4) is 0 Å². The number of nitrogens with one attached hydrogen (secondary N) is 2. The first kappa shape index (κ1) is 17.6. The normalized spacial score (nSPS) is 11.6. The Hall–Kier alpha value is -2.37. The summed E-state index contributed by atoms with van der Waals surface area (Å²) in [6.07, 6.45) is 1.57. The lowest BCUT2D eigenvalue weighted by molar-refractivity contribution is -0.140. The second-order valence-electron chi connectivity index (χ2n) is 3.79. The fourth-order valence-corrected chi connectivity index (χ4v) is 1.25. The van der Waals surface area contributed by atoms with Crippen LogP contribution in [-0.4, -0.2) is 31.7 Å². The molecule has 0 aromatic rings. The van der Waals surface area contributed by atoms with Crippen molar-refractivity contribution in [2.45, 2.75) is 20.8 Å². The lowest BCUT2D eigenvalue weighted by Gasteiger charge is -2.14. The second-order valence-corrected chi connectivity index (χ2v) is 3.79. The molecule has 0 aliphatic carbocycles. The third kappa shape index (κ3) is 5.09. The van der Waals surface area contributed by atoms with Crippen molar-refractivity contribution in [3.05, 3.63) is 35.8 Å². The molecular weight excluding hydrogens is 258 g/mol. The standard InChI is InChI=1S/C14H21N3O3/c1-7-16-12(15-6)11(9(3)4)17-13(18)10(5)14(19)20-8-2/h7,15H,3,5,8H2,1-2,4,6H3,(H,17,18)/b12-11+,16-7-. The van der Waals surface area contributed by atoms with Gasteiger partial charge in [-0.2, -0.15) is 0 Å². The number of amides is 1. The Bertz CT molecular complexity index is 476. The van der Waals surface area contributed by atoms with E-state index in [2.05, 4.69) is 28.8 Å². The van der Waals surface area contributed by atoms with E-state index in [1.54, 1.807) is 34.0 Å². The zero-order valence-electron chi connectivity index (χ0n) is 12.4. The van der Waals surface area contributed by atoms with Crippen molar-refractivity contribution in [1.29, 1.82) is 0 Å². The van der Waals surface area contributed by atoms with Crippen LogP contribution in [0.4, 0.5) is 0 Å². The van der Waals surface area contributed by atoms with Crippen molar-refractivity contribution >= 4 is 18.1 Å². The van der Waals surface area contributed by atoms with Crippen molar-refractivity contribution in [3.63, 3.8) is 0 Å². The van der Waals surface area contributed by atoms with Crippen molar-refractivity contribution in [2.75, 3.05) is 13.7 Å². The molecule has 0 bridgehead atoms. The number of allylic oxidation sites excluding steroid dienone is 1. The van der Waals surface area contributed by atoms with Crippen LogP contribution in [0.15, 0.2) is 40.8 Å². The summed E-state index contributed by atoms with van der Waals surface area (Å²) in [7, 11) is 1.66. The molecule has 110 valence electrons. The average molecular weight is 279 g/mol. The maximum Gasteiger partial charge on any atom is 0.343 e. The highest BCUT2D eigenvalue weighted by molar-refractivity contribution is 6.16. The molecule has 6 nitrogen and oxygen atoms in total. The molecule has 0 fully saturated rings. The van der Waals surface area contributed by atoms with Gasteiger partial charge in [0.1, 0.15) is 11.4 Å². The largest absolute Gasteiger partial charge is 0.462 e. The molecule has 0 rings (SSSR count). The first-order chi connectivity index (χ1) is 9.38. The zero-order valence-corrected chi connectivity index (χ0v) is 12.4. The van der Waals surface area contributed by atoms with E-state index in [1.807, 2.05) is 0 Å². The summed E-state index contributed by atoms with van der Waals surface area (Å²) in [5.74, 6) is -0.971. The van der Waals surface area contributed by atoms with Gasteiger partial charge < -0.3 is 15.4 Å². The fraction of sp³-hybridized carbons (Fsp3) is 0.357. The number of carbonyl (C=O) groups excluding carboxylic acids is 2. The van der Waals surface area contributed by atoms with E-state index in [0.717, 1.165) is 0 Å². The van der Waals surface area contributed by atoms with Crippen LogP contribution in [0, 0.1) is 0 Å². The maximum absolute atomic E-state index is 11.9. The molecule has 0 unspecified atom stereocenters. The molecule has 0 saturated heterocycles. The van der Waals surface area contributed by atoms with E-state index < -0.39 is 11.9 Å². The van der Waals surface area contributed by atoms with Gasteiger partial charge in [-0.15, -0.1) is 0 Å². The highest BCUT2D eigenvalue weighted by Gasteiger charge is 2.19. The van der Waals surface area contributed by atoms with Gasteiger partial charge in [0, 0.05) is 13.3 Å². The van der Waals surface area contributed by atoms with Crippen LogP contribution in [0.1, 0.15) is 20.8 Å². The SMILES string of the molecule is C=C(C(=O)N/C(C(=C)C)=C(/N=C\C)NC)C(=O)OCC. The van der Waals surface area contributed by atoms with E-state index >= 15 is 0 Å². The first-order valence-corrected chi connectivity index (χ1v) is 6.12. The highest BCUT2D eigenvalue weighted by Crippen LogP contribution is 2.10. The summed E-state index contributed by atoms with van der Waals surface area (Å²) in [6, 6.07) is 0. The molecule has 6 heteroatoms. The third-order valence-corrected chi connectivity index (χ3v) is 2.19. The number of ether oxygens (including phenoxy) is 1. The minimum absolute atomic E-state index is 0.177. The van der Waals surface area contributed by atoms with E-state index in [9.17, 15) is 9.59 Å². The lowest BCUT2D eigenvalue weighted by Crippen LogP contribution is -2.31. The minimum atomic E-state index is -0.754. The smallest absolute Gasteiger partial charge is 0.343 e. The van der Waals surface area contributed by atoms with Crippen molar-refractivity contribution in [2.24, 2.45) is 4.99 Å². The molecule has 2 N–H and O–H groups in total. The highest BCUT2D eigenvalue weighted by atomic mass is 16.5. The molecule has 20 heavy (non-hydrogen) atoms. The second kappa shape index (κ2) is 8.68. The van der Waals surface area contributed by atoms with Crippen LogP contribution < -0.4 is 10.6 Å². The van der Waals surface area contributed by atoms with Crippen molar-refractivity contribution in [3.8, 4) is 0 Å². The molecule has 0 saturated carbocycles. The van der Waals surface area contributed by atoms with E-state index in [0.29, 0.717) is 17.1 Å². The summed E-state index contributed by atoms with van der Waals surface area (Å²) < 4.78 is 4.72. The van der Waals surface area contributed by atoms with Gasteiger partial charge in [-0.05, 0) is 26.3 Å². The minimum Gasteiger partial charge on any atom is -0.462 e. The van der Waals surface area contributed by atoms with Crippen LogP contribution in [0.25, 0.3) is 0 Å². The van der Waals surface area contributed by atoms with Crippen LogP contribution in [0.5, 0.6) is 0 Å². The molecule has 0 aliphatic heterocycles. The summed E-state index contributed by atoms with van der Waals surface area (Å²) >= 11 is 0. The quantitative estimate of drug-likeness (QED) is 0.184. The average Bonchev–Trinajstić information content (AvgIpc) is 2.41. The molecule has 0 heterocycles. The summed E-state index contributed by atoms with van der Waals surface area (Å²) in [6.45, 7) is 12.5. The molecular formula is C14H21N3O3. The van der Waals surface area contributed by atoms with Crippen LogP contribution in [0.2, 0.25) is 0 Å². The number of esters is 1. The van der Waals surface area contributed by atoms with Gasteiger partial charge in [-0.25, -0.2) is 9.79 Å². The van der Waals surface area contributed by atoms with E-state index in [1.165, 1.54) is 0 Å². The number of hydrogen-bond donors (Lipinski definition) is 2. The summed E-state index contributed by atoms with van der Waals surface area (Å²) in [5.41, 5.74) is 0.701. The summed E-state index contributed by atoms with van der Waals surface area (Å²) in [4.78, 5) is 27.4. The third-order valence-electron chi connectivity index (χ3n) is 2.19. The van der Waals surface area contributed by atoms with Crippen molar-refractivity contribution in [1.82, 2.24) is 10.6 Å². The van der Waals surface area contributed by atoms with Gasteiger partial charge in [0.2, 0.25) is 0 Å². The number of rotatable bonds is 7. The Kier molecular flexibility index (Phi) is 7.65. The first-order valence-electron chi connectivity index (χ1n) is 6.12. The fourth-order valence-electron chi connectivity index (χ4n) is 1.25. The maximum atomic E-state index is 11.9.